The molecule has 0 spiro atoms. The number of nitrogens with zero attached hydrogens (tertiary/aromatic N) is 2. The first kappa shape index (κ1) is 19.0. The van der Waals surface area contributed by atoms with Gasteiger partial charge in [0.15, 0.2) is 0 Å². The van der Waals surface area contributed by atoms with E-state index in [9.17, 15) is 13.2 Å². The van der Waals surface area contributed by atoms with Gasteiger partial charge in [-0.05, 0) is 47.0 Å². The van der Waals surface area contributed by atoms with Crippen LogP contribution in [0, 0.1) is 13.8 Å². The minimum Gasteiger partial charge on any atom is -0.350 e. The van der Waals surface area contributed by atoms with Crippen LogP contribution in [0.15, 0.2) is 4.90 Å². The van der Waals surface area contributed by atoms with E-state index in [1.165, 1.54) is 0 Å². The molecule has 0 radical (unpaired) electrons. The summed E-state index contributed by atoms with van der Waals surface area (Å²) in [4.78, 5) is 14.8. The van der Waals surface area contributed by atoms with Crippen LogP contribution < -0.4 is 4.72 Å². The number of rotatable bonds is 5. The van der Waals surface area contributed by atoms with E-state index in [1.807, 2.05) is 20.8 Å². The Morgan fingerprint density at radius 1 is 1.17 bits per heavy atom. The molecule has 0 unspecified atom stereocenters. The Balaban J connectivity index is 2.57. The number of nitrogens with one attached hydrogen (secondary N) is 1. The first-order chi connectivity index (χ1) is 11.0. The molecule has 2 heterocycles. The van der Waals surface area contributed by atoms with E-state index in [4.69, 9.17) is 0 Å². The summed E-state index contributed by atoms with van der Waals surface area (Å²) in [6.07, 6.45) is 2.60. The van der Waals surface area contributed by atoms with E-state index < -0.39 is 15.6 Å². The molecule has 7 heteroatoms. The van der Waals surface area contributed by atoms with Crippen LogP contribution in [0.1, 0.15) is 61.8 Å². The molecule has 0 aliphatic carbocycles. The van der Waals surface area contributed by atoms with E-state index in [0.717, 1.165) is 12.8 Å². The number of sulfonamides is 1. The van der Waals surface area contributed by atoms with Gasteiger partial charge in [-0.2, -0.15) is 0 Å². The first-order valence-corrected chi connectivity index (χ1v) is 9.99. The molecule has 1 aromatic rings. The SMILES string of the molecule is CCC(C)(C)NS(=O)(=O)c1c(C(=O)N2CCCC2)c(C)n(C)c1C. The Labute approximate surface area is 145 Å². The van der Waals surface area contributed by atoms with Crippen LogP contribution in [0.5, 0.6) is 0 Å². The van der Waals surface area contributed by atoms with Crippen molar-refractivity contribution in [3.8, 4) is 0 Å². The van der Waals surface area contributed by atoms with Crippen LogP contribution in [0.2, 0.25) is 0 Å². The number of aromatic nitrogens is 1. The third-order valence-corrected chi connectivity index (χ3v) is 6.95. The molecule has 1 aromatic heterocycles. The van der Waals surface area contributed by atoms with Crippen molar-refractivity contribution in [2.45, 2.75) is 64.3 Å². The molecule has 1 amide bonds. The minimum absolute atomic E-state index is 0.126. The van der Waals surface area contributed by atoms with E-state index in [1.54, 1.807) is 30.4 Å². The Bertz CT molecular complexity index is 742. The van der Waals surface area contributed by atoms with Gasteiger partial charge in [0.2, 0.25) is 10.0 Å². The van der Waals surface area contributed by atoms with Crippen LogP contribution in [-0.4, -0.2) is 42.4 Å². The number of hydrogen-bond acceptors (Lipinski definition) is 3. The lowest BCUT2D eigenvalue weighted by Crippen LogP contribution is -2.43. The molecule has 136 valence electrons. The second-order valence-corrected chi connectivity index (χ2v) is 8.90. The Morgan fingerprint density at radius 3 is 2.21 bits per heavy atom. The van der Waals surface area contributed by atoms with Crippen molar-refractivity contribution < 1.29 is 13.2 Å². The van der Waals surface area contributed by atoms with Crippen molar-refractivity contribution in [3.05, 3.63) is 17.0 Å². The highest BCUT2D eigenvalue weighted by molar-refractivity contribution is 7.89. The van der Waals surface area contributed by atoms with Crippen LogP contribution in [0.3, 0.4) is 0 Å². The number of likely N-dealkylation sites (tertiary alicyclic amines) is 1. The highest BCUT2D eigenvalue weighted by atomic mass is 32.2. The zero-order valence-corrected chi connectivity index (χ0v) is 16.4. The van der Waals surface area contributed by atoms with Crippen molar-refractivity contribution in [2.75, 3.05) is 13.1 Å². The molecule has 1 fully saturated rings. The van der Waals surface area contributed by atoms with Crippen molar-refractivity contribution in [1.82, 2.24) is 14.2 Å². The van der Waals surface area contributed by atoms with Crippen LogP contribution in [0.25, 0.3) is 0 Å². The van der Waals surface area contributed by atoms with Crippen LogP contribution in [-0.2, 0) is 17.1 Å². The third kappa shape index (κ3) is 3.37. The summed E-state index contributed by atoms with van der Waals surface area (Å²) in [5, 5.41) is 0. The van der Waals surface area contributed by atoms with Gasteiger partial charge in [-0.25, -0.2) is 13.1 Å². The van der Waals surface area contributed by atoms with E-state index in [0.29, 0.717) is 36.5 Å². The van der Waals surface area contributed by atoms with Crippen molar-refractivity contribution in [1.29, 1.82) is 0 Å². The maximum absolute atomic E-state index is 13.0. The number of carbonyl (C=O) groups excluding carboxylic acids is 1. The molecule has 1 N–H and O–H groups in total. The van der Waals surface area contributed by atoms with Crippen molar-refractivity contribution >= 4 is 15.9 Å². The summed E-state index contributed by atoms with van der Waals surface area (Å²) in [7, 11) is -1.98. The second kappa shape index (κ2) is 6.52. The average molecular weight is 356 g/mol. The van der Waals surface area contributed by atoms with Gasteiger partial charge in [0.1, 0.15) is 4.90 Å². The molecule has 0 aromatic carbocycles. The zero-order chi connectivity index (χ0) is 18.3. The largest absolute Gasteiger partial charge is 0.350 e. The van der Waals surface area contributed by atoms with Crippen molar-refractivity contribution in [2.24, 2.45) is 7.05 Å². The van der Waals surface area contributed by atoms with E-state index >= 15 is 0 Å². The molecule has 1 aliphatic heterocycles. The molecular weight excluding hydrogens is 326 g/mol. The Morgan fingerprint density at radius 2 is 1.71 bits per heavy atom. The quantitative estimate of drug-likeness (QED) is 0.881. The molecule has 0 bridgehead atoms. The highest BCUT2D eigenvalue weighted by Gasteiger charge is 2.35. The normalized spacial score (nSPS) is 16.0. The number of amides is 1. The summed E-state index contributed by atoms with van der Waals surface area (Å²) in [6, 6.07) is 0. The summed E-state index contributed by atoms with van der Waals surface area (Å²) < 4.78 is 30.6. The smallest absolute Gasteiger partial charge is 0.257 e. The van der Waals surface area contributed by atoms with Crippen molar-refractivity contribution in [3.63, 3.8) is 0 Å². The van der Waals surface area contributed by atoms with Gasteiger partial charge in [-0.3, -0.25) is 4.79 Å². The maximum Gasteiger partial charge on any atom is 0.257 e. The fourth-order valence-corrected chi connectivity index (χ4v) is 5.07. The summed E-state index contributed by atoms with van der Waals surface area (Å²) in [5.74, 6) is -0.177. The lowest BCUT2D eigenvalue weighted by atomic mass is 10.0. The zero-order valence-electron chi connectivity index (χ0n) is 15.6. The van der Waals surface area contributed by atoms with Crippen LogP contribution >= 0.6 is 0 Å². The fourth-order valence-electron chi connectivity index (χ4n) is 3.06. The monoisotopic (exact) mass is 355 g/mol. The minimum atomic E-state index is -3.79. The van der Waals surface area contributed by atoms with Gasteiger partial charge in [-0.1, -0.05) is 6.92 Å². The predicted octanol–water partition coefficient (Wildman–Crippen LogP) is 2.34. The lowest BCUT2D eigenvalue weighted by molar-refractivity contribution is 0.0788. The number of hydrogen-bond donors (Lipinski definition) is 1. The van der Waals surface area contributed by atoms with Crippen LogP contribution in [0.4, 0.5) is 0 Å². The van der Waals surface area contributed by atoms with Gasteiger partial charge >= 0.3 is 0 Å². The molecule has 24 heavy (non-hydrogen) atoms. The van der Waals surface area contributed by atoms with Gasteiger partial charge in [-0.15, -0.1) is 0 Å². The van der Waals surface area contributed by atoms with Gasteiger partial charge in [0.05, 0.1) is 5.56 Å². The Kier molecular flexibility index (Phi) is 5.16. The van der Waals surface area contributed by atoms with Gasteiger partial charge in [0, 0.05) is 37.1 Å². The second-order valence-electron chi connectivity index (χ2n) is 7.28. The molecule has 6 nitrogen and oxygen atoms in total. The standard InChI is InChI=1S/C17H29N3O3S/c1-7-17(4,5)18-24(22,23)15-13(3)19(6)12(2)14(15)16(21)20-10-8-9-11-20/h18H,7-11H2,1-6H3. The topological polar surface area (TPSA) is 71.4 Å². The molecule has 0 atom stereocenters. The predicted molar refractivity (Wildman–Crippen MR) is 94.7 cm³/mol. The van der Waals surface area contributed by atoms with Gasteiger partial charge < -0.3 is 9.47 Å². The number of carbonyl (C=O) groups is 1. The summed E-state index contributed by atoms with van der Waals surface area (Å²) in [5.41, 5.74) is 1.04. The molecule has 0 saturated carbocycles. The maximum atomic E-state index is 13.0. The molecule has 1 aliphatic rings. The highest BCUT2D eigenvalue weighted by Crippen LogP contribution is 2.29. The van der Waals surface area contributed by atoms with E-state index in [-0.39, 0.29) is 10.8 Å². The molecular formula is C17H29N3O3S. The Hall–Kier alpha value is -1.34. The average Bonchev–Trinajstić information content (AvgIpc) is 3.09. The fraction of sp³-hybridized carbons (Fsp3) is 0.706. The van der Waals surface area contributed by atoms with Gasteiger partial charge in [0.25, 0.3) is 5.91 Å². The third-order valence-electron chi connectivity index (χ3n) is 5.09. The van der Waals surface area contributed by atoms with E-state index in [2.05, 4.69) is 4.72 Å². The molecule has 2 rings (SSSR count). The lowest BCUT2D eigenvalue weighted by Gasteiger charge is -2.25. The summed E-state index contributed by atoms with van der Waals surface area (Å²) in [6.45, 7) is 10.6. The first-order valence-electron chi connectivity index (χ1n) is 8.51. The molecule has 1 saturated heterocycles. The summed E-state index contributed by atoms with van der Waals surface area (Å²) >= 11 is 0.